The van der Waals surface area contributed by atoms with Crippen LogP contribution in [-0.2, 0) is 14.8 Å². The Morgan fingerprint density at radius 2 is 2.16 bits per heavy atom. The number of nitrogens with zero attached hydrogens (tertiary/aromatic N) is 1. The topological polar surface area (TPSA) is 88.9 Å². The largest absolute Gasteiger partial charge is 0.490 e. The molecule has 1 aliphatic heterocycles. The Morgan fingerprint density at radius 1 is 1.34 bits per heavy atom. The van der Waals surface area contributed by atoms with E-state index in [9.17, 15) is 13.2 Å². The first-order chi connectivity index (χ1) is 15.3. The van der Waals surface area contributed by atoms with Crippen molar-refractivity contribution < 1.29 is 22.4 Å². The Bertz CT molecular complexity index is 1210. The summed E-state index contributed by atoms with van der Waals surface area (Å²) in [7, 11) is -3.58. The van der Waals surface area contributed by atoms with E-state index in [2.05, 4.69) is 5.32 Å². The zero-order valence-corrected chi connectivity index (χ0v) is 20.1. The number of para-hydroxylation sites is 1. The van der Waals surface area contributed by atoms with Crippen LogP contribution in [0.25, 0.3) is 11.0 Å². The van der Waals surface area contributed by atoms with Gasteiger partial charge in [0, 0.05) is 23.4 Å². The van der Waals surface area contributed by atoms with Gasteiger partial charge in [0.25, 0.3) is 10.0 Å². The van der Waals surface area contributed by atoms with Gasteiger partial charge in [0.2, 0.25) is 5.91 Å². The second-order valence-electron chi connectivity index (χ2n) is 8.05. The first-order valence-corrected chi connectivity index (χ1v) is 13.1. The number of piperidine rings is 1. The van der Waals surface area contributed by atoms with Gasteiger partial charge < -0.3 is 14.5 Å². The van der Waals surface area contributed by atoms with Crippen LogP contribution in [0.5, 0.6) is 5.75 Å². The molecule has 1 fully saturated rings. The molecule has 0 bridgehead atoms. The second kappa shape index (κ2) is 9.25. The van der Waals surface area contributed by atoms with Crippen molar-refractivity contribution in [2.75, 3.05) is 19.7 Å². The highest BCUT2D eigenvalue weighted by atomic mass is 32.2. The van der Waals surface area contributed by atoms with Crippen LogP contribution in [-0.4, -0.2) is 38.3 Å². The van der Waals surface area contributed by atoms with E-state index in [4.69, 9.17) is 9.15 Å². The maximum atomic E-state index is 13.0. The minimum Gasteiger partial charge on any atom is -0.490 e. The van der Waals surface area contributed by atoms with Gasteiger partial charge in [-0.1, -0.05) is 12.1 Å². The number of sulfonamides is 1. The molecule has 3 heterocycles. The van der Waals surface area contributed by atoms with Crippen LogP contribution in [0, 0.1) is 12.8 Å². The second-order valence-corrected chi connectivity index (χ2v) is 11.5. The summed E-state index contributed by atoms with van der Waals surface area (Å²) in [5, 5.41) is 3.91. The summed E-state index contributed by atoms with van der Waals surface area (Å²) >= 11 is 1.26. The van der Waals surface area contributed by atoms with E-state index in [0.29, 0.717) is 47.3 Å². The fourth-order valence-electron chi connectivity index (χ4n) is 3.99. The Morgan fingerprint density at radius 3 is 2.88 bits per heavy atom. The molecule has 1 amide bonds. The smallest absolute Gasteiger partial charge is 0.252 e. The predicted molar refractivity (Wildman–Crippen MR) is 124 cm³/mol. The number of amides is 1. The highest BCUT2D eigenvalue weighted by molar-refractivity contribution is 7.91. The van der Waals surface area contributed by atoms with Gasteiger partial charge >= 0.3 is 0 Å². The van der Waals surface area contributed by atoms with Crippen LogP contribution in [0.4, 0.5) is 0 Å². The molecule has 4 rings (SSSR count). The zero-order chi connectivity index (χ0) is 22.9. The van der Waals surface area contributed by atoms with Gasteiger partial charge in [-0.3, -0.25) is 4.79 Å². The van der Waals surface area contributed by atoms with Crippen molar-refractivity contribution >= 4 is 38.2 Å². The molecule has 1 N–H and O–H groups in total. The van der Waals surface area contributed by atoms with Gasteiger partial charge in [-0.05, 0) is 57.9 Å². The highest BCUT2D eigenvalue weighted by Crippen LogP contribution is 2.32. The average Bonchev–Trinajstić information content (AvgIpc) is 3.41. The number of rotatable bonds is 7. The molecule has 0 saturated carbocycles. The van der Waals surface area contributed by atoms with Crippen molar-refractivity contribution in [1.82, 2.24) is 9.62 Å². The van der Waals surface area contributed by atoms with E-state index < -0.39 is 15.9 Å². The summed E-state index contributed by atoms with van der Waals surface area (Å²) in [5.74, 6) is 0.747. The molecule has 0 radical (unpaired) electrons. The molecule has 9 heteroatoms. The van der Waals surface area contributed by atoms with E-state index in [1.165, 1.54) is 15.6 Å². The van der Waals surface area contributed by atoms with E-state index >= 15 is 0 Å². The molecule has 3 aromatic rings. The minimum atomic E-state index is -3.58. The highest BCUT2D eigenvalue weighted by Gasteiger charge is 2.34. The number of ether oxygens (including phenoxy) is 1. The zero-order valence-electron chi connectivity index (χ0n) is 18.5. The van der Waals surface area contributed by atoms with Crippen molar-refractivity contribution in [3.05, 3.63) is 47.0 Å². The standard InChI is InChI=1S/C23H28N2O5S2/c1-4-29-19-9-5-7-17-13-20(30-22(17)19)16(3)24-23(26)18-8-6-12-25(14-18)32(27,28)21-11-10-15(2)31-21/h5,7,9-11,13,16,18H,4,6,8,12,14H2,1-3H3,(H,24,26). The number of carbonyl (C=O) groups excluding carboxylic acids is 1. The number of hydrogen-bond donors (Lipinski definition) is 1. The average molecular weight is 477 g/mol. The fraction of sp³-hybridized carbons (Fsp3) is 0.435. The maximum absolute atomic E-state index is 13.0. The van der Waals surface area contributed by atoms with Gasteiger partial charge in [-0.2, -0.15) is 4.31 Å². The normalized spacial score (nSPS) is 18.5. The first-order valence-electron chi connectivity index (χ1n) is 10.8. The lowest BCUT2D eigenvalue weighted by atomic mass is 9.98. The summed E-state index contributed by atoms with van der Waals surface area (Å²) in [6, 6.07) is 10.7. The summed E-state index contributed by atoms with van der Waals surface area (Å²) in [6.45, 7) is 6.82. The third kappa shape index (κ3) is 4.55. The number of furan rings is 1. The SMILES string of the molecule is CCOc1cccc2cc(C(C)NC(=O)C3CCCN(S(=O)(=O)c4ccc(C)s4)C3)oc12. The summed E-state index contributed by atoms with van der Waals surface area (Å²) in [5.41, 5.74) is 0.659. The van der Waals surface area contributed by atoms with E-state index in [1.54, 1.807) is 12.1 Å². The van der Waals surface area contributed by atoms with Crippen LogP contribution in [0.1, 0.15) is 43.4 Å². The molecule has 32 heavy (non-hydrogen) atoms. The molecule has 2 aromatic heterocycles. The third-order valence-electron chi connectivity index (χ3n) is 5.68. The number of thiophene rings is 1. The number of carbonyl (C=O) groups is 1. The quantitative estimate of drug-likeness (QED) is 0.543. The van der Waals surface area contributed by atoms with Gasteiger partial charge in [-0.15, -0.1) is 11.3 Å². The van der Waals surface area contributed by atoms with Crippen LogP contribution >= 0.6 is 11.3 Å². The Kier molecular flexibility index (Phi) is 6.60. The van der Waals surface area contributed by atoms with Crippen LogP contribution in [0.2, 0.25) is 0 Å². The predicted octanol–water partition coefficient (Wildman–Crippen LogP) is 4.48. The molecular weight excluding hydrogens is 448 g/mol. The fourth-order valence-corrected chi connectivity index (χ4v) is 6.96. The molecular formula is C23H28N2O5S2. The summed E-state index contributed by atoms with van der Waals surface area (Å²) < 4.78 is 39.3. The van der Waals surface area contributed by atoms with Crippen LogP contribution in [0.3, 0.4) is 0 Å². The molecule has 1 aliphatic rings. The molecule has 0 spiro atoms. The lowest BCUT2D eigenvalue weighted by Crippen LogP contribution is -2.45. The minimum absolute atomic E-state index is 0.162. The van der Waals surface area contributed by atoms with Crippen LogP contribution in [0.15, 0.2) is 45.0 Å². The molecule has 2 atom stereocenters. The first kappa shape index (κ1) is 22.8. The monoisotopic (exact) mass is 476 g/mol. The Hall–Kier alpha value is -2.36. The van der Waals surface area contributed by atoms with Crippen molar-refractivity contribution in [1.29, 1.82) is 0 Å². The lowest BCUT2D eigenvalue weighted by Gasteiger charge is -2.31. The maximum Gasteiger partial charge on any atom is 0.252 e. The Balaban J connectivity index is 1.45. The molecule has 1 saturated heterocycles. The Labute approximate surface area is 192 Å². The van der Waals surface area contributed by atoms with Crippen molar-refractivity contribution in [3.63, 3.8) is 0 Å². The number of hydrogen-bond acceptors (Lipinski definition) is 6. The summed E-state index contributed by atoms with van der Waals surface area (Å²) in [4.78, 5) is 13.9. The molecule has 0 aliphatic carbocycles. The summed E-state index contributed by atoms with van der Waals surface area (Å²) in [6.07, 6.45) is 1.31. The number of nitrogens with one attached hydrogen (secondary N) is 1. The number of benzene rings is 1. The van der Waals surface area contributed by atoms with Gasteiger partial charge in [0.15, 0.2) is 11.3 Å². The van der Waals surface area contributed by atoms with Crippen molar-refractivity contribution in [2.24, 2.45) is 5.92 Å². The molecule has 1 aromatic carbocycles. The number of aryl methyl sites for hydroxylation is 1. The molecule has 2 unspecified atom stereocenters. The van der Waals surface area contributed by atoms with E-state index in [1.807, 2.05) is 45.0 Å². The lowest BCUT2D eigenvalue weighted by molar-refractivity contribution is -0.126. The van der Waals surface area contributed by atoms with Crippen LogP contribution < -0.4 is 10.1 Å². The van der Waals surface area contributed by atoms with Gasteiger partial charge in [-0.25, -0.2) is 8.42 Å². The van der Waals surface area contributed by atoms with E-state index in [0.717, 1.165) is 10.3 Å². The van der Waals surface area contributed by atoms with Crippen molar-refractivity contribution in [2.45, 2.75) is 43.9 Å². The van der Waals surface area contributed by atoms with Gasteiger partial charge in [0.05, 0.1) is 18.6 Å². The van der Waals surface area contributed by atoms with Gasteiger partial charge in [0.1, 0.15) is 9.97 Å². The number of fused-ring (bicyclic) bond motifs is 1. The molecule has 7 nitrogen and oxygen atoms in total. The van der Waals surface area contributed by atoms with Crippen molar-refractivity contribution in [3.8, 4) is 5.75 Å². The molecule has 172 valence electrons. The van der Waals surface area contributed by atoms with E-state index in [-0.39, 0.29) is 18.5 Å². The third-order valence-corrected chi connectivity index (χ3v) is 9.01.